The van der Waals surface area contributed by atoms with E-state index in [9.17, 15) is 9.50 Å². The van der Waals surface area contributed by atoms with Crippen LogP contribution in [0.4, 0.5) is 10.1 Å². The number of aliphatic hydroxyl groups excluding tert-OH is 1. The maximum Gasteiger partial charge on any atom is 0.143 e. The monoisotopic (exact) mass is 325 g/mol. The Kier molecular flexibility index (Phi) is 4.07. The summed E-state index contributed by atoms with van der Waals surface area (Å²) in [6.07, 6.45) is -1.15. The lowest BCUT2D eigenvalue weighted by Crippen LogP contribution is -2.07. The van der Waals surface area contributed by atoms with Crippen LogP contribution >= 0.6 is 15.9 Å². The molecule has 2 aromatic rings. The number of anilines is 1. The molecule has 0 amide bonds. The average Bonchev–Trinajstić information content (AvgIpc) is 2.41. The van der Waals surface area contributed by atoms with Crippen LogP contribution in [-0.4, -0.2) is 12.2 Å². The number of aliphatic hydroxyl groups is 1. The molecule has 0 aliphatic carbocycles. The van der Waals surface area contributed by atoms with Gasteiger partial charge in [0.15, 0.2) is 0 Å². The van der Waals surface area contributed by atoms with Gasteiger partial charge in [0.25, 0.3) is 0 Å². The highest BCUT2D eigenvalue weighted by Gasteiger charge is 2.20. The van der Waals surface area contributed by atoms with Gasteiger partial charge in [0.2, 0.25) is 0 Å². The van der Waals surface area contributed by atoms with Crippen molar-refractivity contribution in [3.8, 4) is 5.75 Å². The summed E-state index contributed by atoms with van der Waals surface area (Å²) in [5.41, 5.74) is 6.78. The standard InChI is InChI=1S/C14H13BrFNO2/c1-19-11-7-3-5-9(13(11)17)14(18)8-4-2-6-10(15)12(8)16/h2-7,14,18H,17H2,1H3. The Morgan fingerprint density at radius 1 is 1.21 bits per heavy atom. The number of ether oxygens (including phenoxy) is 1. The third-order valence-electron chi connectivity index (χ3n) is 2.89. The molecule has 19 heavy (non-hydrogen) atoms. The van der Waals surface area contributed by atoms with Crippen LogP contribution in [0.2, 0.25) is 0 Å². The Hall–Kier alpha value is -1.59. The first-order valence-electron chi connectivity index (χ1n) is 5.60. The summed E-state index contributed by atoms with van der Waals surface area (Å²) in [6, 6.07) is 9.77. The molecule has 1 atom stereocenters. The van der Waals surface area contributed by atoms with Crippen LogP contribution in [0.3, 0.4) is 0 Å². The van der Waals surface area contributed by atoms with Crippen molar-refractivity contribution in [1.29, 1.82) is 0 Å². The first kappa shape index (κ1) is 13.8. The topological polar surface area (TPSA) is 55.5 Å². The summed E-state index contributed by atoms with van der Waals surface area (Å²) < 4.78 is 19.4. The lowest BCUT2D eigenvalue weighted by Gasteiger charge is -2.16. The Morgan fingerprint density at radius 2 is 1.84 bits per heavy atom. The zero-order valence-electron chi connectivity index (χ0n) is 10.2. The van der Waals surface area contributed by atoms with Gasteiger partial charge in [-0.2, -0.15) is 0 Å². The predicted octanol–water partition coefficient (Wildman–Crippen LogP) is 3.26. The normalized spacial score (nSPS) is 12.2. The second-order valence-corrected chi connectivity index (χ2v) is 4.86. The molecule has 0 aromatic heterocycles. The van der Waals surface area contributed by atoms with E-state index >= 15 is 0 Å². The average molecular weight is 326 g/mol. The molecule has 100 valence electrons. The van der Waals surface area contributed by atoms with Gasteiger partial charge in [-0.1, -0.05) is 24.3 Å². The van der Waals surface area contributed by atoms with Gasteiger partial charge >= 0.3 is 0 Å². The zero-order chi connectivity index (χ0) is 14.0. The number of benzene rings is 2. The molecule has 0 bridgehead atoms. The maximum atomic E-state index is 14.0. The second kappa shape index (κ2) is 5.59. The number of hydrogen-bond acceptors (Lipinski definition) is 3. The lowest BCUT2D eigenvalue weighted by atomic mass is 9.99. The molecule has 3 nitrogen and oxygen atoms in total. The molecule has 0 heterocycles. The van der Waals surface area contributed by atoms with Gasteiger partial charge in [0, 0.05) is 11.1 Å². The molecule has 0 saturated carbocycles. The highest BCUT2D eigenvalue weighted by molar-refractivity contribution is 9.10. The van der Waals surface area contributed by atoms with Crippen molar-refractivity contribution in [3.63, 3.8) is 0 Å². The van der Waals surface area contributed by atoms with Crippen molar-refractivity contribution in [2.45, 2.75) is 6.10 Å². The summed E-state index contributed by atoms with van der Waals surface area (Å²) in [6.45, 7) is 0. The Balaban J connectivity index is 2.50. The van der Waals surface area contributed by atoms with Gasteiger partial charge in [0.1, 0.15) is 17.7 Å². The molecule has 1 unspecified atom stereocenters. The molecule has 0 radical (unpaired) electrons. The molecule has 3 N–H and O–H groups in total. The van der Waals surface area contributed by atoms with Gasteiger partial charge in [-0.15, -0.1) is 0 Å². The van der Waals surface area contributed by atoms with Crippen LogP contribution in [0, 0.1) is 5.82 Å². The summed E-state index contributed by atoms with van der Waals surface area (Å²) in [5.74, 6) is -0.0517. The third kappa shape index (κ3) is 2.57. The summed E-state index contributed by atoms with van der Waals surface area (Å²) in [7, 11) is 1.49. The van der Waals surface area contributed by atoms with E-state index in [1.165, 1.54) is 13.2 Å². The Morgan fingerprint density at radius 3 is 2.53 bits per heavy atom. The summed E-state index contributed by atoms with van der Waals surface area (Å²) >= 11 is 3.09. The minimum Gasteiger partial charge on any atom is -0.495 e. The maximum absolute atomic E-state index is 14.0. The molecular weight excluding hydrogens is 313 g/mol. The first-order chi connectivity index (χ1) is 9.06. The highest BCUT2D eigenvalue weighted by atomic mass is 79.9. The van der Waals surface area contributed by atoms with Gasteiger partial charge in [0.05, 0.1) is 17.3 Å². The van der Waals surface area contributed by atoms with E-state index < -0.39 is 11.9 Å². The van der Waals surface area contributed by atoms with E-state index in [0.29, 0.717) is 21.5 Å². The molecule has 0 aliphatic rings. The van der Waals surface area contributed by atoms with Crippen molar-refractivity contribution in [2.75, 3.05) is 12.8 Å². The van der Waals surface area contributed by atoms with E-state index in [4.69, 9.17) is 10.5 Å². The van der Waals surface area contributed by atoms with Crippen LogP contribution in [-0.2, 0) is 0 Å². The molecule has 0 spiro atoms. The molecule has 0 fully saturated rings. The minimum absolute atomic E-state index is 0.161. The van der Waals surface area contributed by atoms with Gasteiger partial charge in [-0.3, -0.25) is 0 Å². The van der Waals surface area contributed by atoms with Crippen molar-refractivity contribution in [3.05, 3.63) is 57.8 Å². The molecular formula is C14H13BrFNO2. The van der Waals surface area contributed by atoms with E-state index in [1.54, 1.807) is 30.3 Å². The number of para-hydroxylation sites is 1. The Bertz CT molecular complexity index is 604. The van der Waals surface area contributed by atoms with E-state index in [0.717, 1.165) is 0 Å². The van der Waals surface area contributed by atoms with Crippen LogP contribution in [0.15, 0.2) is 40.9 Å². The molecule has 2 rings (SSSR count). The van der Waals surface area contributed by atoms with Crippen molar-refractivity contribution < 1.29 is 14.2 Å². The fourth-order valence-corrected chi connectivity index (χ4v) is 2.26. The van der Waals surface area contributed by atoms with Crippen molar-refractivity contribution in [1.82, 2.24) is 0 Å². The van der Waals surface area contributed by atoms with Crippen LogP contribution in [0.25, 0.3) is 0 Å². The number of hydrogen-bond donors (Lipinski definition) is 2. The van der Waals surface area contributed by atoms with Crippen LogP contribution < -0.4 is 10.5 Å². The summed E-state index contributed by atoms with van der Waals surface area (Å²) in [5, 5.41) is 10.3. The van der Waals surface area contributed by atoms with E-state index in [1.807, 2.05) is 0 Å². The highest BCUT2D eigenvalue weighted by Crippen LogP contribution is 2.34. The predicted molar refractivity (Wildman–Crippen MR) is 75.6 cm³/mol. The van der Waals surface area contributed by atoms with Gasteiger partial charge in [-0.05, 0) is 28.1 Å². The third-order valence-corrected chi connectivity index (χ3v) is 3.50. The fraction of sp³-hybridized carbons (Fsp3) is 0.143. The van der Waals surface area contributed by atoms with Crippen molar-refractivity contribution in [2.24, 2.45) is 0 Å². The number of rotatable bonds is 3. The lowest BCUT2D eigenvalue weighted by molar-refractivity contribution is 0.215. The number of methoxy groups -OCH3 is 1. The van der Waals surface area contributed by atoms with Crippen molar-refractivity contribution >= 4 is 21.6 Å². The van der Waals surface area contributed by atoms with Crippen LogP contribution in [0.5, 0.6) is 5.75 Å². The first-order valence-corrected chi connectivity index (χ1v) is 6.40. The number of nitrogens with two attached hydrogens (primary N) is 1. The SMILES string of the molecule is COc1cccc(C(O)c2cccc(Br)c2F)c1N. The fourth-order valence-electron chi connectivity index (χ4n) is 1.88. The van der Waals surface area contributed by atoms with E-state index in [2.05, 4.69) is 15.9 Å². The molecule has 5 heteroatoms. The largest absolute Gasteiger partial charge is 0.495 e. The van der Waals surface area contributed by atoms with Gasteiger partial charge < -0.3 is 15.6 Å². The Labute approximate surface area is 118 Å². The number of halogens is 2. The molecule has 2 aromatic carbocycles. The quantitative estimate of drug-likeness (QED) is 0.851. The minimum atomic E-state index is -1.15. The van der Waals surface area contributed by atoms with Crippen LogP contribution in [0.1, 0.15) is 17.2 Å². The number of nitrogen functional groups attached to an aromatic ring is 1. The molecule has 0 aliphatic heterocycles. The van der Waals surface area contributed by atoms with E-state index in [-0.39, 0.29) is 5.56 Å². The second-order valence-electron chi connectivity index (χ2n) is 4.01. The zero-order valence-corrected chi connectivity index (χ0v) is 11.8. The smallest absolute Gasteiger partial charge is 0.143 e. The van der Waals surface area contributed by atoms with Gasteiger partial charge in [-0.25, -0.2) is 4.39 Å². The molecule has 0 saturated heterocycles. The summed E-state index contributed by atoms with van der Waals surface area (Å²) in [4.78, 5) is 0.